The number of esters is 2. The molecule has 0 heterocycles. The molecule has 6 heteroatoms. The zero-order valence-corrected chi connectivity index (χ0v) is 17.5. The lowest BCUT2D eigenvalue weighted by Gasteiger charge is -2.35. The van der Waals surface area contributed by atoms with Crippen molar-refractivity contribution in [1.82, 2.24) is 0 Å². The molecule has 0 saturated heterocycles. The van der Waals surface area contributed by atoms with E-state index in [1.807, 2.05) is 6.08 Å². The highest BCUT2D eigenvalue weighted by molar-refractivity contribution is 6.74. The minimum atomic E-state index is -1.84. The summed E-state index contributed by atoms with van der Waals surface area (Å²) >= 11 is 0. The number of carbonyl (C=O) groups is 2. The van der Waals surface area contributed by atoms with E-state index in [0.717, 1.165) is 0 Å². The van der Waals surface area contributed by atoms with Crippen molar-refractivity contribution in [3.05, 3.63) is 37.0 Å². The molecule has 0 radical (unpaired) electrons. The van der Waals surface area contributed by atoms with E-state index >= 15 is 0 Å². The molecule has 142 valence electrons. The molecule has 0 N–H and O–H groups in total. The second-order valence-corrected chi connectivity index (χ2v) is 12.1. The van der Waals surface area contributed by atoms with Crippen LogP contribution in [0, 0.1) is 5.41 Å². The summed E-state index contributed by atoms with van der Waals surface area (Å²) in [7, 11) is 0.643. The predicted molar refractivity (Wildman–Crippen MR) is 103 cm³/mol. The van der Waals surface area contributed by atoms with Crippen LogP contribution >= 0.6 is 0 Å². The summed E-state index contributed by atoms with van der Waals surface area (Å²) in [6.07, 6.45) is 8.17. The maximum atomic E-state index is 12.2. The lowest BCUT2D eigenvalue weighted by atomic mass is 9.83. The van der Waals surface area contributed by atoms with Gasteiger partial charge in [0.25, 0.3) is 0 Å². The fraction of sp³-hybridized carbons (Fsp3) is 0.579. The van der Waals surface area contributed by atoms with Crippen LogP contribution in [0.15, 0.2) is 37.0 Å². The number of rotatable bonds is 9. The van der Waals surface area contributed by atoms with Crippen molar-refractivity contribution in [1.29, 1.82) is 0 Å². The van der Waals surface area contributed by atoms with Crippen molar-refractivity contribution < 1.29 is 23.5 Å². The Hall–Kier alpha value is -1.66. The molecule has 0 aliphatic heterocycles. The van der Waals surface area contributed by atoms with E-state index in [-0.39, 0.29) is 11.5 Å². The van der Waals surface area contributed by atoms with Gasteiger partial charge < -0.3 is 13.9 Å². The molecule has 0 aromatic rings. The smallest absolute Gasteiger partial charge is 0.327 e. The molecular weight excluding hydrogens is 336 g/mol. The molecule has 0 spiro atoms. The number of hydrogen-bond acceptors (Lipinski definition) is 5. The maximum Gasteiger partial charge on any atom is 0.327 e. The quantitative estimate of drug-likeness (QED) is 0.202. The van der Waals surface area contributed by atoms with Crippen LogP contribution in [-0.4, -0.2) is 41.1 Å². The Labute approximate surface area is 152 Å². The average Bonchev–Trinajstić information content (AvgIpc) is 2.54. The van der Waals surface area contributed by atoms with Gasteiger partial charge in [0.2, 0.25) is 0 Å². The monoisotopic (exact) mass is 368 g/mol. The molecule has 0 amide bonds. The van der Waals surface area contributed by atoms with Gasteiger partial charge in [0.1, 0.15) is 0 Å². The number of hydrogen-bond donors (Lipinski definition) is 0. The predicted octanol–water partition coefficient (Wildman–Crippen LogP) is 4.03. The second kappa shape index (κ2) is 9.72. The summed E-state index contributed by atoms with van der Waals surface area (Å²) in [6.45, 7) is 14.8. The van der Waals surface area contributed by atoms with Gasteiger partial charge in [0.15, 0.2) is 13.7 Å². The minimum Gasteiger partial charge on any atom is -0.468 e. The second-order valence-electron chi connectivity index (χ2n) is 7.30. The number of carbonyl (C=O) groups excluding carboxylic acids is 2. The summed E-state index contributed by atoms with van der Waals surface area (Å²) in [5.74, 6) is -1.35. The van der Waals surface area contributed by atoms with Gasteiger partial charge in [-0.25, -0.2) is 0 Å². The molecule has 0 aliphatic carbocycles. The van der Waals surface area contributed by atoms with Gasteiger partial charge in [-0.1, -0.05) is 57.7 Å². The fourth-order valence-corrected chi connectivity index (χ4v) is 2.81. The number of ether oxygens (including phenoxy) is 2. The Bertz CT molecular complexity index is 510. The van der Waals surface area contributed by atoms with Crippen LogP contribution in [0.25, 0.3) is 0 Å². The van der Waals surface area contributed by atoms with Gasteiger partial charge in [-0.3, -0.25) is 9.59 Å². The maximum absolute atomic E-state index is 12.2. The normalized spacial score (nSPS) is 13.2. The van der Waals surface area contributed by atoms with E-state index in [1.54, 1.807) is 6.08 Å². The molecule has 0 aliphatic rings. The average molecular weight is 369 g/mol. The molecule has 0 fully saturated rings. The Morgan fingerprint density at radius 2 is 1.56 bits per heavy atom. The summed E-state index contributed by atoms with van der Waals surface area (Å²) in [6, 6.07) is 0. The zero-order valence-electron chi connectivity index (χ0n) is 16.5. The van der Waals surface area contributed by atoms with Crippen molar-refractivity contribution in [3.8, 4) is 0 Å². The van der Waals surface area contributed by atoms with Crippen LogP contribution in [0.4, 0.5) is 0 Å². The van der Waals surface area contributed by atoms with Crippen LogP contribution in [0.5, 0.6) is 0 Å². The van der Waals surface area contributed by atoms with Gasteiger partial charge in [-0.05, 0) is 24.6 Å². The highest BCUT2D eigenvalue weighted by atomic mass is 28.4. The van der Waals surface area contributed by atoms with E-state index in [0.29, 0.717) is 6.61 Å². The molecule has 5 nitrogen and oxygen atoms in total. The van der Waals surface area contributed by atoms with E-state index in [9.17, 15) is 9.59 Å². The largest absolute Gasteiger partial charge is 0.468 e. The van der Waals surface area contributed by atoms with Gasteiger partial charge in [-0.2, -0.15) is 0 Å². The Kier molecular flexibility index (Phi) is 9.08. The van der Waals surface area contributed by atoms with Crippen molar-refractivity contribution >= 4 is 20.3 Å². The Morgan fingerprint density at radius 1 is 1.04 bits per heavy atom. The Balaban J connectivity index is 5.22. The summed E-state index contributed by atoms with van der Waals surface area (Å²) in [4.78, 5) is 24.5. The van der Waals surface area contributed by atoms with E-state index < -0.39 is 25.7 Å². The first-order valence-corrected chi connectivity index (χ1v) is 11.2. The number of methoxy groups -OCH3 is 2. The van der Waals surface area contributed by atoms with Gasteiger partial charge >= 0.3 is 11.9 Å². The lowest BCUT2D eigenvalue weighted by Crippen LogP contribution is -2.40. The van der Waals surface area contributed by atoms with Gasteiger partial charge in [-0.15, -0.1) is 0 Å². The first-order chi connectivity index (χ1) is 11.5. The minimum absolute atomic E-state index is 0.120. The third-order valence-electron chi connectivity index (χ3n) is 4.57. The van der Waals surface area contributed by atoms with Crippen molar-refractivity contribution in [2.45, 2.75) is 45.3 Å². The van der Waals surface area contributed by atoms with Crippen LogP contribution < -0.4 is 0 Å². The standard InChI is InChI=1S/C19H32O5Si/c1-9-10-13-19(16(20)22-5,17(21)23-6)14-11-12-15-24-25(7,8)18(2,3)4/h9-13H,1,14-15H2,2-8H3/b12-11+,13-10+. The van der Waals surface area contributed by atoms with E-state index in [2.05, 4.69) is 40.4 Å². The molecule has 0 aromatic heterocycles. The van der Waals surface area contributed by atoms with Crippen LogP contribution in [0.1, 0.15) is 27.2 Å². The first kappa shape index (κ1) is 23.3. The topological polar surface area (TPSA) is 61.8 Å². The fourth-order valence-electron chi connectivity index (χ4n) is 1.86. The zero-order chi connectivity index (χ0) is 19.7. The summed E-state index contributed by atoms with van der Waals surface area (Å²) in [5, 5.41) is 0.120. The van der Waals surface area contributed by atoms with Crippen molar-refractivity contribution in [2.75, 3.05) is 20.8 Å². The molecule has 0 rings (SSSR count). The van der Waals surface area contributed by atoms with Gasteiger partial charge in [0.05, 0.1) is 20.8 Å². The summed E-state index contributed by atoms with van der Waals surface area (Å²) < 4.78 is 15.7. The van der Waals surface area contributed by atoms with Crippen LogP contribution in [0.2, 0.25) is 18.1 Å². The molecule has 0 aromatic carbocycles. The van der Waals surface area contributed by atoms with Crippen molar-refractivity contribution in [2.24, 2.45) is 5.41 Å². The SMILES string of the molecule is C=C/C=C/C(C/C=C/CO[Si](C)(C)C(C)(C)C)(C(=O)OC)C(=O)OC. The molecule has 0 unspecified atom stereocenters. The molecular formula is C19H32O5Si. The molecule has 0 atom stereocenters. The highest BCUT2D eigenvalue weighted by Gasteiger charge is 2.45. The van der Waals surface area contributed by atoms with Crippen LogP contribution in [0.3, 0.4) is 0 Å². The first-order valence-electron chi connectivity index (χ1n) is 8.24. The third kappa shape index (κ3) is 6.29. The van der Waals surface area contributed by atoms with Crippen LogP contribution in [-0.2, 0) is 23.5 Å². The van der Waals surface area contributed by atoms with E-state index in [1.165, 1.54) is 32.4 Å². The molecule has 0 bridgehead atoms. The lowest BCUT2D eigenvalue weighted by molar-refractivity contribution is -0.164. The van der Waals surface area contributed by atoms with E-state index in [4.69, 9.17) is 13.9 Å². The molecule has 25 heavy (non-hydrogen) atoms. The van der Waals surface area contributed by atoms with Crippen molar-refractivity contribution in [3.63, 3.8) is 0 Å². The number of allylic oxidation sites excluding steroid dienone is 3. The third-order valence-corrected chi connectivity index (χ3v) is 9.07. The summed E-state index contributed by atoms with van der Waals surface area (Å²) in [5.41, 5.74) is -1.52. The Morgan fingerprint density at radius 3 is 1.96 bits per heavy atom. The van der Waals surface area contributed by atoms with Gasteiger partial charge in [0, 0.05) is 0 Å². The highest BCUT2D eigenvalue weighted by Crippen LogP contribution is 2.36. The molecule has 0 saturated carbocycles.